The summed E-state index contributed by atoms with van der Waals surface area (Å²) in [6, 6.07) is 25.7. The number of rotatable bonds is 7. The molecule has 3 aromatic rings. The Morgan fingerprint density at radius 2 is 1.61 bits per heavy atom. The van der Waals surface area contributed by atoms with Crippen LogP contribution in [0, 0.1) is 0 Å². The summed E-state index contributed by atoms with van der Waals surface area (Å²) in [5.41, 5.74) is 3.97. The number of Topliss-reactive ketones (excluding diaryl/α,β-unsaturated/α-hetero) is 1. The van der Waals surface area contributed by atoms with E-state index in [9.17, 15) is 4.79 Å². The van der Waals surface area contributed by atoms with Gasteiger partial charge in [-0.1, -0.05) is 80.6 Å². The Labute approximate surface area is 165 Å². The summed E-state index contributed by atoms with van der Waals surface area (Å²) in [7, 11) is 0. The van der Waals surface area contributed by atoms with Crippen LogP contribution in [-0.2, 0) is 11.3 Å². The maximum absolute atomic E-state index is 13.0. The molecule has 0 spiro atoms. The van der Waals surface area contributed by atoms with Gasteiger partial charge in [-0.25, -0.2) is 0 Å². The van der Waals surface area contributed by atoms with Crippen molar-refractivity contribution in [3.63, 3.8) is 0 Å². The first kappa shape index (κ1) is 18.5. The van der Waals surface area contributed by atoms with Gasteiger partial charge in [-0.2, -0.15) is 0 Å². The van der Waals surface area contributed by atoms with Crippen molar-refractivity contribution in [3.05, 3.63) is 101 Å². The zero-order valence-corrected chi connectivity index (χ0v) is 16.2. The van der Waals surface area contributed by atoms with Gasteiger partial charge in [0.25, 0.3) is 0 Å². The predicted octanol–water partition coefficient (Wildman–Crippen LogP) is 5.71. The molecule has 1 saturated heterocycles. The highest BCUT2D eigenvalue weighted by molar-refractivity contribution is 6.03. The molecule has 3 heteroatoms. The van der Waals surface area contributed by atoms with Gasteiger partial charge in [-0.05, 0) is 34.7 Å². The first-order valence-electron chi connectivity index (χ1n) is 9.69. The lowest BCUT2D eigenvalue weighted by Gasteiger charge is -2.10. The Hall–Kier alpha value is -2.91. The molecule has 0 radical (unpaired) electrons. The second-order valence-corrected chi connectivity index (χ2v) is 7.43. The second-order valence-electron chi connectivity index (χ2n) is 7.43. The molecule has 3 aromatic carbocycles. The molecule has 0 N–H and O–H groups in total. The van der Waals surface area contributed by atoms with Gasteiger partial charge in [0.15, 0.2) is 11.9 Å². The molecule has 1 aliphatic rings. The van der Waals surface area contributed by atoms with Crippen LogP contribution in [0.5, 0.6) is 5.75 Å². The van der Waals surface area contributed by atoms with Crippen molar-refractivity contribution >= 4 is 5.78 Å². The molecule has 0 amide bonds. The van der Waals surface area contributed by atoms with E-state index in [1.165, 1.54) is 5.56 Å². The van der Waals surface area contributed by atoms with E-state index in [-0.39, 0.29) is 11.9 Å². The fourth-order valence-corrected chi connectivity index (χ4v) is 3.32. The average Bonchev–Trinajstić information content (AvgIpc) is 3.54. The molecule has 2 atom stereocenters. The minimum absolute atomic E-state index is 0.0263. The van der Waals surface area contributed by atoms with E-state index in [1.807, 2.05) is 54.6 Å². The Morgan fingerprint density at radius 1 is 0.929 bits per heavy atom. The summed E-state index contributed by atoms with van der Waals surface area (Å²) in [6.07, 6.45) is -0.609. The molecule has 0 aromatic heterocycles. The minimum Gasteiger partial charge on any atom is -0.488 e. The van der Waals surface area contributed by atoms with E-state index in [1.54, 1.807) is 0 Å². The van der Waals surface area contributed by atoms with Crippen molar-refractivity contribution in [1.82, 2.24) is 0 Å². The van der Waals surface area contributed by atoms with Crippen LogP contribution < -0.4 is 4.74 Å². The molecular formula is C25H24O3. The molecule has 1 heterocycles. The van der Waals surface area contributed by atoms with Crippen molar-refractivity contribution in [2.24, 2.45) is 0 Å². The molecular weight excluding hydrogens is 348 g/mol. The van der Waals surface area contributed by atoms with Crippen molar-refractivity contribution in [2.45, 2.75) is 38.6 Å². The zero-order valence-electron chi connectivity index (χ0n) is 16.2. The van der Waals surface area contributed by atoms with Gasteiger partial charge in [0.2, 0.25) is 0 Å². The number of ether oxygens (including phenoxy) is 2. The van der Waals surface area contributed by atoms with E-state index in [2.05, 4.69) is 38.1 Å². The third kappa shape index (κ3) is 4.00. The van der Waals surface area contributed by atoms with E-state index in [0.29, 0.717) is 23.8 Å². The van der Waals surface area contributed by atoms with Crippen LogP contribution in [0.4, 0.5) is 0 Å². The van der Waals surface area contributed by atoms with Crippen molar-refractivity contribution in [1.29, 1.82) is 0 Å². The van der Waals surface area contributed by atoms with Crippen LogP contribution >= 0.6 is 0 Å². The van der Waals surface area contributed by atoms with Crippen LogP contribution in [0.2, 0.25) is 0 Å². The molecule has 0 bridgehead atoms. The lowest BCUT2D eigenvalue weighted by Crippen LogP contribution is -2.10. The van der Waals surface area contributed by atoms with Crippen molar-refractivity contribution < 1.29 is 14.3 Å². The van der Waals surface area contributed by atoms with Crippen LogP contribution in [0.1, 0.15) is 52.9 Å². The summed E-state index contributed by atoms with van der Waals surface area (Å²) in [6.45, 7) is 4.76. The number of hydrogen-bond donors (Lipinski definition) is 0. The summed E-state index contributed by atoms with van der Waals surface area (Å²) in [5, 5.41) is 0. The zero-order chi connectivity index (χ0) is 19.5. The van der Waals surface area contributed by atoms with Crippen LogP contribution in [-0.4, -0.2) is 11.9 Å². The summed E-state index contributed by atoms with van der Waals surface area (Å²) < 4.78 is 11.7. The van der Waals surface area contributed by atoms with Crippen LogP contribution in [0.3, 0.4) is 0 Å². The number of epoxide rings is 1. The van der Waals surface area contributed by atoms with Crippen LogP contribution in [0.15, 0.2) is 78.9 Å². The summed E-state index contributed by atoms with van der Waals surface area (Å²) in [5.74, 6) is 1.06. The summed E-state index contributed by atoms with van der Waals surface area (Å²) >= 11 is 0. The Balaban J connectivity index is 1.45. The number of hydrogen-bond acceptors (Lipinski definition) is 3. The molecule has 28 heavy (non-hydrogen) atoms. The highest BCUT2D eigenvalue weighted by Crippen LogP contribution is 2.42. The monoisotopic (exact) mass is 372 g/mol. The maximum atomic E-state index is 13.0. The maximum Gasteiger partial charge on any atom is 0.198 e. The lowest BCUT2D eigenvalue weighted by molar-refractivity contribution is 0.0949. The minimum atomic E-state index is -0.439. The van der Waals surface area contributed by atoms with Gasteiger partial charge in [0.05, 0.1) is 5.56 Å². The molecule has 0 aliphatic carbocycles. The van der Waals surface area contributed by atoms with Gasteiger partial charge in [-0.15, -0.1) is 0 Å². The molecule has 1 fully saturated rings. The fourth-order valence-electron chi connectivity index (χ4n) is 3.32. The van der Waals surface area contributed by atoms with Crippen molar-refractivity contribution in [3.8, 4) is 5.75 Å². The normalized spacial score (nSPS) is 18.1. The van der Waals surface area contributed by atoms with Crippen LogP contribution in [0.25, 0.3) is 0 Å². The Bertz CT molecular complexity index is 945. The van der Waals surface area contributed by atoms with Crippen molar-refractivity contribution in [2.75, 3.05) is 0 Å². The number of carbonyl (C=O) groups excluding carboxylic acids is 1. The standard InChI is InChI=1S/C25H24O3/c1-17(2)19-12-14-20(15-13-19)24-25(28-24)23(26)21-10-6-7-11-22(21)27-16-18-8-4-3-5-9-18/h3-15,17,24-25H,16H2,1-2H3/t24-,25+/m0/s1. The number of benzene rings is 3. The quantitative estimate of drug-likeness (QED) is 0.394. The largest absolute Gasteiger partial charge is 0.488 e. The molecule has 4 rings (SSSR count). The summed E-state index contributed by atoms with van der Waals surface area (Å²) in [4.78, 5) is 13.0. The first-order chi connectivity index (χ1) is 13.6. The van der Waals surface area contributed by atoms with Gasteiger partial charge in [0, 0.05) is 0 Å². The fraction of sp³-hybridized carbons (Fsp3) is 0.240. The van der Waals surface area contributed by atoms with E-state index in [4.69, 9.17) is 9.47 Å². The second kappa shape index (κ2) is 7.99. The SMILES string of the molecule is CC(C)c1ccc([C@@H]2O[C@@H]2C(=O)c2ccccc2OCc2ccccc2)cc1. The predicted molar refractivity (Wildman–Crippen MR) is 110 cm³/mol. The topological polar surface area (TPSA) is 38.8 Å². The Kier molecular flexibility index (Phi) is 5.27. The highest BCUT2D eigenvalue weighted by Gasteiger charge is 2.46. The van der Waals surface area contributed by atoms with Gasteiger partial charge >= 0.3 is 0 Å². The third-order valence-corrected chi connectivity index (χ3v) is 5.07. The molecule has 142 valence electrons. The average molecular weight is 372 g/mol. The molecule has 3 nitrogen and oxygen atoms in total. The lowest BCUT2D eigenvalue weighted by atomic mass is 9.98. The molecule has 0 unspecified atom stereocenters. The number of para-hydroxylation sites is 1. The van der Waals surface area contributed by atoms with E-state index < -0.39 is 6.10 Å². The Morgan fingerprint density at radius 3 is 2.32 bits per heavy atom. The highest BCUT2D eigenvalue weighted by atomic mass is 16.6. The third-order valence-electron chi connectivity index (χ3n) is 5.07. The number of carbonyl (C=O) groups is 1. The van der Waals surface area contributed by atoms with Gasteiger partial charge in [-0.3, -0.25) is 4.79 Å². The van der Waals surface area contributed by atoms with Gasteiger partial charge < -0.3 is 9.47 Å². The van der Waals surface area contributed by atoms with E-state index >= 15 is 0 Å². The molecule has 0 saturated carbocycles. The molecule has 1 aliphatic heterocycles. The van der Waals surface area contributed by atoms with Gasteiger partial charge in [0.1, 0.15) is 18.5 Å². The first-order valence-corrected chi connectivity index (χ1v) is 9.69. The smallest absolute Gasteiger partial charge is 0.198 e. The van der Waals surface area contributed by atoms with E-state index in [0.717, 1.165) is 11.1 Å². The number of ketones is 1.